The quantitative estimate of drug-likeness (QED) is 0.741. The van der Waals surface area contributed by atoms with Gasteiger partial charge in [0.1, 0.15) is 0 Å². The number of hydrogen-bond donors (Lipinski definition) is 3. The van der Waals surface area contributed by atoms with Gasteiger partial charge in [-0.2, -0.15) is 11.3 Å². The number of hydrogen-bond acceptors (Lipinski definition) is 5. The van der Waals surface area contributed by atoms with Crippen molar-refractivity contribution in [2.45, 2.75) is 25.0 Å². The van der Waals surface area contributed by atoms with E-state index in [-0.39, 0.29) is 18.4 Å². The Kier molecular flexibility index (Phi) is 5.33. The zero-order valence-corrected chi connectivity index (χ0v) is 11.6. The number of aliphatic hydroxyl groups is 1. The Balaban J connectivity index is 1.77. The van der Waals surface area contributed by atoms with Crippen molar-refractivity contribution < 1.29 is 14.6 Å². The second kappa shape index (κ2) is 7.00. The minimum Gasteiger partial charge on any atom is -0.387 e. The zero-order chi connectivity index (χ0) is 13.7. The number of amides is 1. The smallest absolute Gasteiger partial charge is 0.237 e. The Labute approximate surface area is 116 Å². The summed E-state index contributed by atoms with van der Waals surface area (Å²) in [6.07, 6.45) is 0.973. The first-order valence-corrected chi connectivity index (χ1v) is 7.44. The molecule has 1 saturated heterocycles. The normalized spacial score (nSPS) is 19.9. The molecule has 0 bridgehead atoms. The molecule has 1 aliphatic heterocycles. The SMILES string of the molecule is NC(C(=O)NCC(O)c1ccsc1)C1CCOCC1. The third-order valence-corrected chi connectivity index (χ3v) is 4.18. The van der Waals surface area contributed by atoms with E-state index in [4.69, 9.17) is 10.5 Å². The molecule has 1 aliphatic rings. The molecule has 0 radical (unpaired) electrons. The Hall–Kier alpha value is -0.950. The molecule has 5 nitrogen and oxygen atoms in total. The number of nitrogens with two attached hydrogens (primary N) is 1. The minimum absolute atomic E-state index is 0.173. The number of ether oxygens (including phenoxy) is 1. The predicted octanol–water partition coefficient (Wildman–Crippen LogP) is 0.652. The Bertz CT molecular complexity index is 391. The van der Waals surface area contributed by atoms with Gasteiger partial charge in [-0.15, -0.1) is 0 Å². The fourth-order valence-corrected chi connectivity index (χ4v) is 2.89. The van der Waals surface area contributed by atoms with Gasteiger partial charge in [-0.3, -0.25) is 4.79 Å². The lowest BCUT2D eigenvalue weighted by molar-refractivity contribution is -0.124. The summed E-state index contributed by atoms with van der Waals surface area (Å²) in [5.74, 6) is -0.0202. The van der Waals surface area contributed by atoms with Gasteiger partial charge in [0.15, 0.2) is 0 Å². The first-order valence-electron chi connectivity index (χ1n) is 6.49. The van der Waals surface area contributed by atoms with Gasteiger partial charge in [-0.1, -0.05) is 0 Å². The average Bonchev–Trinajstić information content (AvgIpc) is 2.98. The van der Waals surface area contributed by atoms with Crippen LogP contribution in [0.5, 0.6) is 0 Å². The van der Waals surface area contributed by atoms with Crippen LogP contribution in [0.15, 0.2) is 16.8 Å². The summed E-state index contributed by atoms with van der Waals surface area (Å²) in [5, 5.41) is 16.4. The van der Waals surface area contributed by atoms with Crippen LogP contribution in [0.4, 0.5) is 0 Å². The lowest BCUT2D eigenvalue weighted by Gasteiger charge is -2.27. The van der Waals surface area contributed by atoms with Crippen LogP contribution in [-0.2, 0) is 9.53 Å². The summed E-state index contributed by atoms with van der Waals surface area (Å²) in [4.78, 5) is 11.9. The molecule has 1 fully saturated rings. The van der Waals surface area contributed by atoms with Gasteiger partial charge in [0.2, 0.25) is 5.91 Å². The van der Waals surface area contributed by atoms with Crippen molar-refractivity contribution >= 4 is 17.2 Å². The second-order valence-electron chi connectivity index (χ2n) is 4.79. The van der Waals surface area contributed by atoms with Crippen LogP contribution in [0.1, 0.15) is 24.5 Å². The average molecular weight is 284 g/mol. The maximum atomic E-state index is 11.9. The van der Waals surface area contributed by atoms with Gasteiger partial charge in [0.05, 0.1) is 12.1 Å². The Morgan fingerprint density at radius 3 is 2.95 bits per heavy atom. The summed E-state index contributed by atoms with van der Waals surface area (Å²) in [6, 6.07) is 1.33. The van der Waals surface area contributed by atoms with E-state index < -0.39 is 12.1 Å². The fourth-order valence-electron chi connectivity index (χ4n) is 2.19. The highest BCUT2D eigenvalue weighted by Crippen LogP contribution is 2.18. The van der Waals surface area contributed by atoms with E-state index in [1.165, 1.54) is 11.3 Å². The molecular weight excluding hydrogens is 264 g/mol. The lowest BCUT2D eigenvalue weighted by Crippen LogP contribution is -2.47. The number of carbonyl (C=O) groups excluding carboxylic acids is 1. The first kappa shape index (κ1) is 14.5. The van der Waals surface area contributed by atoms with Crippen LogP contribution in [0.3, 0.4) is 0 Å². The van der Waals surface area contributed by atoms with Gasteiger partial charge in [-0.25, -0.2) is 0 Å². The highest BCUT2D eigenvalue weighted by molar-refractivity contribution is 7.07. The van der Waals surface area contributed by atoms with Gasteiger partial charge < -0.3 is 20.9 Å². The number of carbonyl (C=O) groups is 1. The van der Waals surface area contributed by atoms with Crippen LogP contribution in [0, 0.1) is 5.92 Å². The molecule has 0 aromatic carbocycles. The van der Waals surface area contributed by atoms with Crippen LogP contribution >= 0.6 is 11.3 Å². The van der Waals surface area contributed by atoms with E-state index >= 15 is 0 Å². The van der Waals surface area contributed by atoms with Crippen molar-refractivity contribution in [1.82, 2.24) is 5.32 Å². The monoisotopic (exact) mass is 284 g/mol. The van der Waals surface area contributed by atoms with Crippen molar-refractivity contribution in [2.75, 3.05) is 19.8 Å². The molecule has 1 amide bonds. The van der Waals surface area contributed by atoms with Crippen LogP contribution in [0.2, 0.25) is 0 Å². The number of thiophene rings is 1. The maximum absolute atomic E-state index is 11.9. The van der Waals surface area contributed by atoms with E-state index in [1.54, 1.807) is 0 Å². The van der Waals surface area contributed by atoms with E-state index in [1.807, 2.05) is 16.8 Å². The summed E-state index contributed by atoms with van der Waals surface area (Å²) in [6.45, 7) is 1.54. The minimum atomic E-state index is -0.669. The molecule has 1 aromatic rings. The van der Waals surface area contributed by atoms with Crippen LogP contribution in [-0.4, -0.2) is 36.8 Å². The molecule has 19 heavy (non-hydrogen) atoms. The van der Waals surface area contributed by atoms with Crippen LogP contribution in [0.25, 0.3) is 0 Å². The molecule has 2 unspecified atom stereocenters. The van der Waals surface area contributed by atoms with Gasteiger partial charge in [-0.05, 0) is 41.1 Å². The summed E-state index contributed by atoms with van der Waals surface area (Å²) < 4.78 is 5.25. The topological polar surface area (TPSA) is 84.6 Å². The van der Waals surface area contributed by atoms with E-state index in [0.29, 0.717) is 13.2 Å². The van der Waals surface area contributed by atoms with Crippen molar-refractivity contribution in [1.29, 1.82) is 0 Å². The van der Waals surface area contributed by atoms with Gasteiger partial charge in [0, 0.05) is 19.8 Å². The summed E-state index contributed by atoms with van der Waals surface area (Å²) >= 11 is 1.52. The van der Waals surface area contributed by atoms with E-state index in [9.17, 15) is 9.90 Å². The first-order chi connectivity index (χ1) is 9.18. The molecule has 2 heterocycles. The number of rotatable bonds is 5. The third-order valence-electron chi connectivity index (χ3n) is 3.47. The molecule has 0 saturated carbocycles. The van der Waals surface area contributed by atoms with E-state index in [2.05, 4.69) is 5.32 Å². The second-order valence-corrected chi connectivity index (χ2v) is 5.57. The standard InChI is InChI=1S/C13H20N2O3S/c14-12(9-1-4-18-5-2-9)13(17)15-7-11(16)10-3-6-19-8-10/h3,6,8-9,11-12,16H,1-2,4-5,7,14H2,(H,15,17). The van der Waals surface area contributed by atoms with Gasteiger partial charge in [0.25, 0.3) is 0 Å². The van der Waals surface area contributed by atoms with Crippen molar-refractivity contribution in [3.63, 3.8) is 0 Å². The highest BCUT2D eigenvalue weighted by atomic mass is 32.1. The number of aliphatic hydroxyl groups excluding tert-OH is 1. The van der Waals surface area contributed by atoms with E-state index in [0.717, 1.165) is 18.4 Å². The summed E-state index contributed by atoms with van der Waals surface area (Å²) in [5.41, 5.74) is 6.77. The molecule has 0 spiro atoms. The third kappa shape index (κ3) is 4.01. The van der Waals surface area contributed by atoms with Crippen molar-refractivity contribution in [2.24, 2.45) is 11.7 Å². The molecule has 0 aliphatic carbocycles. The zero-order valence-electron chi connectivity index (χ0n) is 10.7. The molecule has 6 heteroatoms. The Morgan fingerprint density at radius 2 is 2.32 bits per heavy atom. The largest absolute Gasteiger partial charge is 0.387 e. The highest BCUT2D eigenvalue weighted by Gasteiger charge is 2.26. The van der Waals surface area contributed by atoms with Crippen LogP contribution < -0.4 is 11.1 Å². The van der Waals surface area contributed by atoms with Crippen molar-refractivity contribution in [3.8, 4) is 0 Å². The fraction of sp³-hybridized carbons (Fsp3) is 0.615. The van der Waals surface area contributed by atoms with Gasteiger partial charge >= 0.3 is 0 Å². The molecule has 1 aromatic heterocycles. The maximum Gasteiger partial charge on any atom is 0.237 e. The lowest BCUT2D eigenvalue weighted by atomic mass is 9.92. The molecular formula is C13H20N2O3S. The van der Waals surface area contributed by atoms with Crippen molar-refractivity contribution in [3.05, 3.63) is 22.4 Å². The summed E-state index contributed by atoms with van der Waals surface area (Å²) in [7, 11) is 0. The molecule has 106 valence electrons. The molecule has 2 rings (SSSR count). The predicted molar refractivity (Wildman–Crippen MR) is 73.8 cm³/mol. The Morgan fingerprint density at radius 1 is 1.58 bits per heavy atom. The number of nitrogens with one attached hydrogen (secondary N) is 1. The molecule has 2 atom stereocenters. The molecule has 4 N–H and O–H groups in total.